The van der Waals surface area contributed by atoms with Crippen molar-refractivity contribution in [2.24, 2.45) is 0 Å². The normalized spacial score (nSPS) is 12.1. The molecule has 0 saturated heterocycles. The molecular weight excluding hydrogens is 319 g/mol. The van der Waals surface area contributed by atoms with Gasteiger partial charge in [-0.3, -0.25) is 0 Å². The summed E-state index contributed by atoms with van der Waals surface area (Å²) in [4.78, 5) is 0. The first kappa shape index (κ1) is 15.3. The molecule has 2 aromatic rings. The molecule has 106 valence electrons. The van der Waals surface area contributed by atoms with E-state index in [1.54, 1.807) is 32.4 Å². The van der Waals surface area contributed by atoms with Crippen LogP contribution in [0, 0.1) is 0 Å². The molecule has 0 aliphatic carbocycles. The number of hydrogen-bond donors (Lipinski definition) is 0. The molecule has 0 radical (unpaired) electrons. The van der Waals surface area contributed by atoms with Gasteiger partial charge in [-0.1, -0.05) is 29.3 Å². The smallest absolute Gasteiger partial charge is 0.124 e. The molecule has 2 rings (SSSR count). The lowest BCUT2D eigenvalue weighted by atomic mass is 10.0. The second-order valence-corrected chi connectivity index (χ2v) is 5.42. The van der Waals surface area contributed by atoms with Gasteiger partial charge in [-0.05, 0) is 35.9 Å². The summed E-state index contributed by atoms with van der Waals surface area (Å²) in [6, 6.07) is 10.7. The third-order valence-corrected chi connectivity index (χ3v) is 3.98. The molecule has 0 N–H and O–H groups in total. The number of rotatable bonds is 4. The molecule has 20 heavy (non-hydrogen) atoms. The van der Waals surface area contributed by atoms with E-state index < -0.39 is 5.38 Å². The number of ether oxygens (including phenoxy) is 2. The first-order valence-corrected chi connectivity index (χ1v) is 7.07. The maximum atomic E-state index is 6.54. The SMILES string of the molecule is COc1ccc(OC)c(C(Cl)c2ccc(Cl)cc2Cl)c1. The van der Waals surface area contributed by atoms with Crippen LogP contribution in [0.25, 0.3) is 0 Å². The second kappa shape index (κ2) is 6.57. The van der Waals surface area contributed by atoms with Crippen molar-refractivity contribution in [3.05, 3.63) is 57.6 Å². The lowest BCUT2D eigenvalue weighted by Gasteiger charge is -2.16. The van der Waals surface area contributed by atoms with Crippen LogP contribution in [-0.2, 0) is 0 Å². The molecule has 0 amide bonds. The van der Waals surface area contributed by atoms with Gasteiger partial charge in [-0.25, -0.2) is 0 Å². The molecule has 0 aliphatic heterocycles. The van der Waals surface area contributed by atoms with E-state index in [0.29, 0.717) is 21.5 Å². The molecule has 0 spiro atoms. The van der Waals surface area contributed by atoms with Crippen LogP contribution in [-0.4, -0.2) is 14.2 Å². The molecule has 5 heteroatoms. The largest absolute Gasteiger partial charge is 0.497 e. The number of benzene rings is 2. The quantitative estimate of drug-likeness (QED) is 0.704. The van der Waals surface area contributed by atoms with E-state index in [0.717, 1.165) is 11.1 Å². The van der Waals surface area contributed by atoms with Crippen molar-refractivity contribution in [1.82, 2.24) is 0 Å². The molecule has 0 fully saturated rings. The number of methoxy groups -OCH3 is 2. The Kier molecular flexibility index (Phi) is 5.03. The molecule has 2 aromatic carbocycles. The molecule has 0 heterocycles. The van der Waals surface area contributed by atoms with Crippen LogP contribution in [0.15, 0.2) is 36.4 Å². The Hall–Kier alpha value is -1.09. The minimum atomic E-state index is -0.454. The highest BCUT2D eigenvalue weighted by Crippen LogP contribution is 2.40. The average molecular weight is 332 g/mol. The first-order valence-electron chi connectivity index (χ1n) is 5.87. The molecule has 1 atom stereocenters. The fourth-order valence-electron chi connectivity index (χ4n) is 1.91. The minimum Gasteiger partial charge on any atom is -0.497 e. The highest BCUT2D eigenvalue weighted by molar-refractivity contribution is 6.36. The summed E-state index contributed by atoms with van der Waals surface area (Å²) in [5, 5.41) is 0.632. The fraction of sp³-hybridized carbons (Fsp3) is 0.200. The molecular formula is C15H13Cl3O2. The van der Waals surface area contributed by atoms with Crippen LogP contribution >= 0.6 is 34.8 Å². The lowest BCUT2D eigenvalue weighted by molar-refractivity contribution is 0.399. The topological polar surface area (TPSA) is 18.5 Å². The molecule has 0 aliphatic rings. The van der Waals surface area contributed by atoms with Gasteiger partial charge in [-0.15, -0.1) is 11.6 Å². The number of hydrogen-bond acceptors (Lipinski definition) is 2. The summed E-state index contributed by atoms with van der Waals surface area (Å²) < 4.78 is 10.6. The van der Waals surface area contributed by atoms with E-state index in [4.69, 9.17) is 44.3 Å². The van der Waals surface area contributed by atoms with Crippen LogP contribution < -0.4 is 9.47 Å². The van der Waals surface area contributed by atoms with Crippen LogP contribution in [0.3, 0.4) is 0 Å². The van der Waals surface area contributed by atoms with Crippen molar-refractivity contribution < 1.29 is 9.47 Å². The van der Waals surface area contributed by atoms with Crippen LogP contribution in [0.5, 0.6) is 11.5 Å². The summed E-state index contributed by atoms with van der Waals surface area (Å²) in [5.74, 6) is 1.38. The zero-order valence-electron chi connectivity index (χ0n) is 11.0. The Morgan fingerprint density at radius 3 is 2.25 bits per heavy atom. The summed E-state index contributed by atoms with van der Waals surface area (Å²) in [7, 11) is 3.20. The van der Waals surface area contributed by atoms with Crippen molar-refractivity contribution >= 4 is 34.8 Å². The van der Waals surface area contributed by atoms with Gasteiger partial charge in [0, 0.05) is 15.6 Å². The van der Waals surface area contributed by atoms with E-state index in [1.807, 2.05) is 18.2 Å². The molecule has 0 saturated carbocycles. The monoisotopic (exact) mass is 330 g/mol. The molecule has 2 nitrogen and oxygen atoms in total. The molecule has 0 aromatic heterocycles. The fourth-order valence-corrected chi connectivity index (χ4v) is 2.85. The van der Waals surface area contributed by atoms with Crippen molar-refractivity contribution in [2.75, 3.05) is 14.2 Å². The zero-order valence-corrected chi connectivity index (χ0v) is 13.3. The van der Waals surface area contributed by atoms with E-state index in [-0.39, 0.29) is 0 Å². The Morgan fingerprint density at radius 1 is 0.900 bits per heavy atom. The van der Waals surface area contributed by atoms with Crippen molar-refractivity contribution in [3.8, 4) is 11.5 Å². The highest BCUT2D eigenvalue weighted by Gasteiger charge is 2.19. The van der Waals surface area contributed by atoms with Crippen LogP contribution in [0.4, 0.5) is 0 Å². The highest BCUT2D eigenvalue weighted by atomic mass is 35.5. The summed E-state index contributed by atoms with van der Waals surface area (Å²) in [5.41, 5.74) is 1.56. The van der Waals surface area contributed by atoms with Crippen molar-refractivity contribution in [1.29, 1.82) is 0 Å². The predicted octanol–water partition coefficient (Wildman–Crippen LogP) is 5.34. The molecule has 1 unspecified atom stereocenters. The Balaban J connectivity index is 2.48. The second-order valence-electron chi connectivity index (χ2n) is 4.14. The van der Waals surface area contributed by atoms with Gasteiger partial charge >= 0.3 is 0 Å². The van der Waals surface area contributed by atoms with Gasteiger partial charge in [-0.2, -0.15) is 0 Å². The maximum absolute atomic E-state index is 6.54. The zero-order chi connectivity index (χ0) is 14.7. The predicted molar refractivity (Wildman–Crippen MR) is 83.7 cm³/mol. The summed E-state index contributed by atoms with van der Waals surface area (Å²) in [6.45, 7) is 0. The first-order chi connectivity index (χ1) is 9.56. The third-order valence-electron chi connectivity index (χ3n) is 2.95. The molecule has 0 bridgehead atoms. The van der Waals surface area contributed by atoms with Crippen LogP contribution in [0.1, 0.15) is 16.5 Å². The number of alkyl halides is 1. The van der Waals surface area contributed by atoms with E-state index in [1.165, 1.54) is 0 Å². The van der Waals surface area contributed by atoms with Crippen LogP contribution in [0.2, 0.25) is 10.0 Å². The minimum absolute atomic E-state index is 0.454. The Bertz CT molecular complexity index is 614. The van der Waals surface area contributed by atoms with Gasteiger partial charge in [0.05, 0.1) is 19.6 Å². The Labute approximate surface area is 133 Å². The average Bonchev–Trinajstić information content (AvgIpc) is 2.46. The Morgan fingerprint density at radius 2 is 1.65 bits per heavy atom. The maximum Gasteiger partial charge on any atom is 0.124 e. The van der Waals surface area contributed by atoms with Gasteiger partial charge < -0.3 is 9.47 Å². The summed E-state index contributed by atoms with van der Waals surface area (Å²) >= 11 is 18.6. The van der Waals surface area contributed by atoms with Gasteiger partial charge in [0.25, 0.3) is 0 Å². The van der Waals surface area contributed by atoms with Crippen molar-refractivity contribution in [2.45, 2.75) is 5.38 Å². The van der Waals surface area contributed by atoms with Gasteiger partial charge in [0.1, 0.15) is 11.5 Å². The van der Waals surface area contributed by atoms with E-state index in [9.17, 15) is 0 Å². The lowest BCUT2D eigenvalue weighted by Crippen LogP contribution is -1.99. The van der Waals surface area contributed by atoms with Crippen molar-refractivity contribution in [3.63, 3.8) is 0 Å². The van der Waals surface area contributed by atoms with Gasteiger partial charge in [0.2, 0.25) is 0 Å². The number of halogens is 3. The third kappa shape index (κ3) is 3.14. The summed E-state index contributed by atoms with van der Waals surface area (Å²) in [6.07, 6.45) is 0. The van der Waals surface area contributed by atoms with Gasteiger partial charge in [0.15, 0.2) is 0 Å². The van der Waals surface area contributed by atoms with E-state index in [2.05, 4.69) is 0 Å². The van der Waals surface area contributed by atoms with E-state index >= 15 is 0 Å². The standard InChI is InChI=1S/C15H13Cl3O2/c1-19-10-4-6-14(20-2)12(8-10)15(18)11-5-3-9(16)7-13(11)17/h3-8,15H,1-2H3.